The molecule has 1 aliphatic rings. The van der Waals surface area contributed by atoms with Crippen LogP contribution in [0.25, 0.3) is 22.3 Å². The van der Waals surface area contributed by atoms with Gasteiger partial charge in [0, 0.05) is 37.1 Å². The van der Waals surface area contributed by atoms with Crippen LogP contribution in [0.5, 0.6) is 0 Å². The smallest absolute Gasteiger partial charge is 0.311 e. The third-order valence-electron chi connectivity index (χ3n) is 5.94. The first-order valence-electron chi connectivity index (χ1n) is 10.7. The molecule has 168 valence electrons. The zero-order valence-electron chi connectivity index (χ0n) is 18.1. The molecular formula is C26H22ClFN2O3. The van der Waals surface area contributed by atoms with Gasteiger partial charge in [0.05, 0.1) is 18.6 Å². The number of fused-ring (bicyclic) bond motifs is 1. The number of halogens is 2. The number of furan rings is 1. The fourth-order valence-corrected chi connectivity index (χ4v) is 4.48. The van der Waals surface area contributed by atoms with Crippen LogP contribution in [0.3, 0.4) is 0 Å². The second-order valence-electron chi connectivity index (χ2n) is 8.32. The number of hydrogen-bond acceptors (Lipinski definition) is 5. The molecular weight excluding hydrogens is 443 g/mol. The Kier molecular flexibility index (Phi) is 5.87. The normalized spacial score (nSPS) is 14.4. The molecule has 33 heavy (non-hydrogen) atoms. The molecule has 4 aromatic rings. The summed E-state index contributed by atoms with van der Waals surface area (Å²) in [4.78, 5) is 18.1. The van der Waals surface area contributed by atoms with Crippen molar-refractivity contribution in [3.05, 3.63) is 88.5 Å². The van der Waals surface area contributed by atoms with Gasteiger partial charge < -0.3 is 9.15 Å². The lowest BCUT2D eigenvalue weighted by molar-refractivity contribution is -0.151. The number of ether oxygens (including phenoxy) is 1. The van der Waals surface area contributed by atoms with Crippen molar-refractivity contribution >= 4 is 28.5 Å². The number of aromatic nitrogens is 1. The Morgan fingerprint density at radius 3 is 2.67 bits per heavy atom. The highest BCUT2D eigenvalue weighted by Crippen LogP contribution is 2.34. The fourth-order valence-electron chi connectivity index (χ4n) is 4.22. The molecule has 0 N–H and O–H groups in total. The molecule has 0 amide bonds. The summed E-state index contributed by atoms with van der Waals surface area (Å²) >= 11 is 6.38. The summed E-state index contributed by atoms with van der Waals surface area (Å²) in [5, 5.41) is 1.05. The first kappa shape index (κ1) is 21.6. The van der Waals surface area contributed by atoms with Crippen molar-refractivity contribution < 1.29 is 18.3 Å². The van der Waals surface area contributed by atoms with Crippen LogP contribution in [-0.4, -0.2) is 36.1 Å². The van der Waals surface area contributed by atoms with Crippen LogP contribution in [0.4, 0.5) is 4.39 Å². The molecule has 7 heteroatoms. The van der Waals surface area contributed by atoms with Crippen molar-refractivity contribution in [2.24, 2.45) is 5.92 Å². The molecule has 0 atom stereocenters. The van der Waals surface area contributed by atoms with E-state index >= 15 is 0 Å². The van der Waals surface area contributed by atoms with Gasteiger partial charge in [-0.05, 0) is 35.4 Å². The van der Waals surface area contributed by atoms with E-state index in [4.69, 9.17) is 20.8 Å². The van der Waals surface area contributed by atoms with Crippen LogP contribution >= 0.6 is 11.6 Å². The number of esters is 1. The fraction of sp³-hybridized carbons (Fsp3) is 0.231. The second-order valence-corrected chi connectivity index (χ2v) is 8.68. The molecule has 1 fully saturated rings. The largest absolute Gasteiger partial charge is 0.469 e. The van der Waals surface area contributed by atoms with Gasteiger partial charge in [-0.1, -0.05) is 48.0 Å². The highest BCUT2D eigenvalue weighted by atomic mass is 35.5. The van der Waals surface area contributed by atoms with E-state index in [2.05, 4.69) is 9.88 Å². The molecule has 2 aromatic heterocycles. The molecule has 0 aliphatic carbocycles. The quantitative estimate of drug-likeness (QED) is 0.279. The van der Waals surface area contributed by atoms with Gasteiger partial charge >= 0.3 is 5.97 Å². The Morgan fingerprint density at radius 2 is 1.94 bits per heavy atom. The monoisotopic (exact) mass is 464 g/mol. The summed E-state index contributed by atoms with van der Waals surface area (Å²) < 4.78 is 25.6. The van der Waals surface area contributed by atoms with Crippen molar-refractivity contribution in [2.75, 3.05) is 20.2 Å². The van der Waals surface area contributed by atoms with Gasteiger partial charge in [0.1, 0.15) is 11.6 Å². The lowest BCUT2D eigenvalue weighted by Gasteiger charge is -2.37. The van der Waals surface area contributed by atoms with Gasteiger partial charge in [-0.3, -0.25) is 9.69 Å². The molecule has 1 aliphatic heterocycles. The standard InChI is InChI=1S/C26H22ClFN2O3/c1-32-26(31)19-14-30(15-19)13-17-7-8-21(22(28)10-17)23-12-18-11-20(29-25(27)24(18)33-23)9-16-5-3-2-4-6-16/h2-8,10-12,19H,9,13-15H2,1H3. The molecule has 5 nitrogen and oxygen atoms in total. The highest BCUT2D eigenvalue weighted by molar-refractivity contribution is 6.33. The summed E-state index contributed by atoms with van der Waals surface area (Å²) in [6.45, 7) is 1.82. The first-order chi connectivity index (χ1) is 16.0. The summed E-state index contributed by atoms with van der Waals surface area (Å²) in [5.41, 5.74) is 3.60. The number of rotatable bonds is 6. The molecule has 0 spiro atoms. The molecule has 1 saturated heterocycles. The van der Waals surface area contributed by atoms with Gasteiger partial charge in [-0.15, -0.1) is 0 Å². The summed E-state index contributed by atoms with van der Waals surface area (Å²) in [6.07, 6.45) is 0.646. The number of benzene rings is 2. The third kappa shape index (κ3) is 4.49. The van der Waals surface area contributed by atoms with E-state index in [1.807, 2.05) is 42.5 Å². The predicted octanol–water partition coefficient (Wildman–Crippen LogP) is 5.48. The summed E-state index contributed by atoms with van der Waals surface area (Å²) in [6, 6.07) is 18.8. The van der Waals surface area contributed by atoms with Gasteiger partial charge in [-0.25, -0.2) is 9.37 Å². The van der Waals surface area contributed by atoms with Gasteiger partial charge in [0.15, 0.2) is 10.7 Å². The zero-order valence-corrected chi connectivity index (χ0v) is 18.8. The van der Waals surface area contributed by atoms with Crippen molar-refractivity contribution in [3.8, 4) is 11.3 Å². The Balaban J connectivity index is 1.34. The number of pyridine rings is 1. The van der Waals surface area contributed by atoms with Crippen molar-refractivity contribution in [1.29, 1.82) is 0 Å². The van der Waals surface area contributed by atoms with Crippen LogP contribution in [0.15, 0.2) is 65.1 Å². The maximum absolute atomic E-state index is 15.0. The number of likely N-dealkylation sites (tertiary alicyclic amines) is 1. The maximum atomic E-state index is 15.0. The SMILES string of the molecule is COC(=O)C1CN(Cc2ccc(-c3cc4cc(Cc5ccccc5)nc(Cl)c4o3)c(F)c2)C1. The van der Waals surface area contributed by atoms with E-state index < -0.39 is 0 Å². The number of methoxy groups -OCH3 is 1. The Hall–Kier alpha value is -3.22. The van der Waals surface area contributed by atoms with E-state index in [0.29, 0.717) is 43.0 Å². The van der Waals surface area contributed by atoms with Gasteiger partial charge in [0.2, 0.25) is 0 Å². The van der Waals surface area contributed by atoms with E-state index in [-0.39, 0.29) is 22.9 Å². The van der Waals surface area contributed by atoms with Gasteiger partial charge in [-0.2, -0.15) is 0 Å². The van der Waals surface area contributed by atoms with E-state index in [1.165, 1.54) is 13.2 Å². The number of carbonyl (C=O) groups excluding carboxylic acids is 1. The highest BCUT2D eigenvalue weighted by Gasteiger charge is 2.33. The molecule has 0 radical (unpaired) electrons. The summed E-state index contributed by atoms with van der Waals surface area (Å²) in [5.74, 6) is -0.257. The Labute approximate surface area is 195 Å². The van der Waals surface area contributed by atoms with Crippen LogP contribution in [-0.2, 0) is 22.5 Å². The van der Waals surface area contributed by atoms with E-state index in [1.54, 1.807) is 12.1 Å². The Bertz CT molecular complexity index is 1320. The van der Waals surface area contributed by atoms with E-state index in [9.17, 15) is 9.18 Å². The molecule has 5 rings (SSSR count). The first-order valence-corrected chi connectivity index (χ1v) is 11.1. The average molecular weight is 465 g/mol. The molecule has 3 heterocycles. The molecule has 0 bridgehead atoms. The minimum atomic E-state index is -0.370. The third-order valence-corrected chi connectivity index (χ3v) is 6.19. The summed E-state index contributed by atoms with van der Waals surface area (Å²) in [7, 11) is 1.39. The van der Waals surface area contributed by atoms with Crippen LogP contribution in [0, 0.1) is 11.7 Å². The minimum absolute atomic E-state index is 0.0974. The van der Waals surface area contributed by atoms with Crippen molar-refractivity contribution in [3.63, 3.8) is 0 Å². The molecule has 0 unspecified atom stereocenters. The predicted molar refractivity (Wildman–Crippen MR) is 124 cm³/mol. The van der Waals surface area contributed by atoms with Crippen molar-refractivity contribution in [2.45, 2.75) is 13.0 Å². The van der Waals surface area contributed by atoms with Crippen molar-refractivity contribution in [1.82, 2.24) is 9.88 Å². The topological polar surface area (TPSA) is 55.6 Å². The van der Waals surface area contributed by atoms with Crippen LogP contribution in [0.1, 0.15) is 16.8 Å². The Morgan fingerprint density at radius 1 is 1.15 bits per heavy atom. The number of carbonyl (C=O) groups is 1. The second kappa shape index (κ2) is 8.96. The zero-order chi connectivity index (χ0) is 22.9. The maximum Gasteiger partial charge on any atom is 0.311 e. The molecule has 2 aromatic carbocycles. The number of nitrogens with zero attached hydrogens (tertiary/aromatic N) is 2. The lowest BCUT2D eigenvalue weighted by atomic mass is 9.99. The van der Waals surface area contributed by atoms with Crippen LogP contribution < -0.4 is 0 Å². The molecule has 0 saturated carbocycles. The van der Waals surface area contributed by atoms with Crippen LogP contribution in [0.2, 0.25) is 5.15 Å². The van der Waals surface area contributed by atoms with E-state index in [0.717, 1.165) is 22.2 Å². The lowest BCUT2D eigenvalue weighted by Crippen LogP contribution is -2.49. The minimum Gasteiger partial charge on any atom is -0.469 e. The number of hydrogen-bond donors (Lipinski definition) is 0. The van der Waals surface area contributed by atoms with Gasteiger partial charge in [0.25, 0.3) is 0 Å². The average Bonchev–Trinajstić information content (AvgIpc) is 3.20.